The molecule has 9 rings (SSSR count). The third-order valence-electron chi connectivity index (χ3n) is 9.08. The van der Waals surface area contributed by atoms with Crippen molar-refractivity contribution in [3.05, 3.63) is 170 Å². The summed E-state index contributed by atoms with van der Waals surface area (Å²) in [6, 6.07) is 60.8. The van der Waals surface area contributed by atoms with E-state index in [-0.39, 0.29) is 0 Å². The van der Waals surface area contributed by atoms with Crippen LogP contribution in [0.5, 0.6) is 0 Å². The summed E-state index contributed by atoms with van der Waals surface area (Å²) in [7, 11) is 0. The molecular weight excluding hydrogens is 544 g/mol. The minimum Gasteiger partial charge on any atom is -0.456 e. The molecule has 0 fully saturated rings. The van der Waals surface area contributed by atoms with E-state index in [4.69, 9.17) is 4.42 Å². The third kappa shape index (κ3) is 4.17. The van der Waals surface area contributed by atoms with Gasteiger partial charge in [-0.05, 0) is 84.3 Å². The first-order valence-corrected chi connectivity index (χ1v) is 15.4. The zero-order valence-electron chi connectivity index (χ0n) is 24.6. The molecule has 0 radical (unpaired) electrons. The van der Waals surface area contributed by atoms with Crippen LogP contribution in [0.3, 0.4) is 0 Å². The molecule has 0 atom stereocenters. The number of rotatable bonds is 4. The van der Waals surface area contributed by atoms with Crippen LogP contribution in [-0.2, 0) is 0 Å². The van der Waals surface area contributed by atoms with E-state index < -0.39 is 0 Å². The second-order valence-corrected chi connectivity index (χ2v) is 11.6. The molecule has 0 aliphatic rings. The average Bonchev–Trinajstić information content (AvgIpc) is 3.49. The predicted molar refractivity (Wildman–Crippen MR) is 190 cm³/mol. The lowest BCUT2D eigenvalue weighted by molar-refractivity contribution is 0.669. The van der Waals surface area contributed by atoms with Gasteiger partial charge in [0.25, 0.3) is 0 Å². The number of hydrogen-bond donors (Lipinski definition) is 0. The fourth-order valence-corrected chi connectivity index (χ4v) is 7.05. The van der Waals surface area contributed by atoms with Crippen molar-refractivity contribution in [2.45, 2.75) is 0 Å². The standard InChI is InChI=1S/C44H28O/c1-3-12-29(13-4-1)30-22-24-32(25-23-30)42-35-16-7-9-18-37(35)43(38-19-10-8-17-36(38)42)33-26-27-39-41(28-33)45-40-21-11-20-34(44(39)40)31-14-5-2-6-15-31/h1-28H. The topological polar surface area (TPSA) is 13.1 Å². The summed E-state index contributed by atoms with van der Waals surface area (Å²) in [5.74, 6) is 0. The molecule has 0 aliphatic carbocycles. The van der Waals surface area contributed by atoms with E-state index in [2.05, 4.69) is 170 Å². The van der Waals surface area contributed by atoms with Crippen molar-refractivity contribution in [3.63, 3.8) is 0 Å². The Hall–Kier alpha value is -5.92. The van der Waals surface area contributed by atoms with Crippen LogP contribution in [0.15, 0.2) is 174 Å². The van der Waals surface area contributed by atoms with Crippen LogP contribution in [-0.4, -0.2) is 0 Å². The predicted octanol–water partition coefficient (Wildman–Crippen LogP) is 12.6. The van der Waals surface area contributed by atoms with Gasteiger partial charge in [0.2, 0.25) is 0 Å². The summed E-state index contributed by atoms with van der Waals surface area (Å²) in [5, 5.41) is 7.26. The van der Waals surface area contributed by atoms with Crippen molar-refractivity contribution in [3.8, 4) is 44.5 Å². The Morgan fingerprint density at radius 2 is 0.778 bits per heavy atom. The Balaban J connectivity index is 1.26. The van der Waals surface area contributed by atoms with E-state index in [1.807, 2.05) is 0 Å². The lowest BCUT2D eigenvalue weighted by Gasteiger charge is -2.18. The van der Waals surface area contributed by atoms with Gasteiger partial charge in [0.1, 0.15) is 11.2 Å². The second-order valence-electron chi connectivity index (χ2n) is 11.6. The molecule has 1 nitrogen and oxygen atoms in total. The molecule has 0 amide bonds. The van der Waals surface area contributed by atoms with E-state index in [9.17, 15) is 0 Å². The van der Waals surface area contributed by atoms with Gasteiger partial charge in [-0.2, -0.15) is 0 Å². The molecule has 1 aromatic heterocycles. The first-order chi connectivity index (χ1) is 22.3. The van der Waals surface area contributed by atoms with Gasteiger partial charge in [0.05, 0.1) is 0 Å². The average molecular weight is 573 g/mol. The zero-order valence-corrected chi connectivity index (χ0v) is 24.6. The Morgan fingerprint density at radius 3 is 1.40 bits per heavy atom. The Morgan fingerprint density at radius 1 is 0.289 bits per heavy atom. The quantitative estimate of drug-likeness (QED) is 0.191. The molecule has 0 aliphatic heterocycles. The van der Waals surface area contributed by atoms with Gasteiger partial charge in [0.15, 0.2) is 0 Å². The number of benzene rings is 8. The largest absolute Gasteiger partial charge is 0.456 e. The lowest BCUT2D eigenvalue weighted by atomic mass is 9.85. The zero-order chi connectivity index (χ0) is 29.7. The molecule has 1 heteroatoms. The maximum Gasteiger partial charge on any atom is 0.136 e. The molecule has 9 aromatic rings. The van der Waals surface area contributed by atoms with Crippen molar-refractivity contribution < 1.29 is 4.42 Å². The summed E-state index contributed by atoms with van der Waals surface area (Å²) in [6.07, 6.45) is 0. The van der Waals surface area contributed by atoms with Gasteiger partial charge >= 0.3 is 0 Å². The third-order valence-corrected chi connectivity index (χ3v) is 9.08. The van der Waals surface area contributed by atoms with Gasteiger partial charge in [-0.1, -0.05) is 152 Å². The molecule has 45 heavy (non-hydrogen) atoms. The Labute approximate surface area is 261 Å². The number of furan rings is 1. The smallest absolute Gasteiger partial charge is 0.136 e. The molecule has 0 saturated carbocycles. The van der Waals surface area contributed by atoms with Crippen molar-refractivity contribution in [1.82, 2.24) is 0 Å². The highest BCUT2D eigenvalue weighted by molar-refractivity contribution is 6.22. The molecular formula is C44H28O. The van der Waals surface area contributed by atoms with Gasteiger partial charge in [-0.25, -0.2) is 0 Å². The molecule has 0 spiro atoms. The minimum atomic E-state index is 0.902. The van der Waals surface area contributed by atoms with E-state index in [0.717, 1.165) is 27.5 Å². The first kappa shape index (κ1) is 25.6. The van der Waals surface area contributed by atoms with Crippen LogP contribution in [0, 0.1) is 0 Å². The van der Waals surface area contributed by atoms with Crippen LogP contribution in [0.2, 0.25) is 0 Å². The minimum absolute atomic E-state index is 0.902. The second kappa shape index (κ2) is 10.4. The van der Waals surface area contributed by atoms with Gasteiger partial charge in [0, 0.05) is 10.8 Å². The van der Waals surface area contributed by atoms with Crippen LogP contribution < -0.4 is 0 Å². The molecule has 8 aromatic carbocycles. The highest BCUT2D eigenvalue weighted by Crippen LogP contribution is 2.45. The van der Waals surface area contributed by atoms with Crippen molar-refractivity contribution >= 4 is 43.5 Å². The maximum absolute atomic E-state index is 6.54. The monoisotopic (exact) mass is 572 g/mol. The van der Waals surface area contributed by atoms with Gasteiger partial charge in [-0.3, -0.25) is 0 Å². The van der Waals surface area contributed by atoms with Crippen LogP contribution in [0.4, 0.5) is 0 Å². The fraction of sp³-hybridized carbons (Fsp3) is 0. The van der Waals surface area contributed by atoms with Crippen LogP contribution in [0.1, 0.15) is 0 Å². The van der Waals surface area contributed by atoms with Crippen molar-refractivity contribution in [1.29, 1.82) is 0 Å². The highest BCUT2D eigenvalue weighted by atomic mass is 16.3. The van der Waals surface area contributed by atoms with E-state index >= 15 is 0 Å². The first-order valence-electron chi connectivity index (χ1n) is 15.4. The Kier molecular flexibility index (Phi) is 5.89. The summed E-state index contributed by atoms with van der Waals surface area (Å²) < 4.78 is 6.54. The fourth-order valence-electron chi connectivity index (χ4n) is 7.05. The molecule has 1 heterocycles. The SMILES string of the molecule is c1ccc(-c2ccc(-c3c4ccccc4c(-c4ccc5c(c4)oc4cccc(-c6ccccc6)c45)c4ccccc34)cc2)cc1. The molecule has 0 N–H and O–H groups in total. The summed E-state index contributed by atoms with van der Waals surface area (Å²) in [4.78, 5) is 0. The van der Waals surface area contributed by atoms with Gasteiger partial charge < -0.3 is 4.42 Å². The van der Waals surface area contributed by atoms with E-state index in [1.165, 1.54) is 60.5 Å². The van der Waals surface area contributed by atoms with E-state index in [1.54, 1.807) is 0 Å². The Bertz CT molecular complexity index is 2450. The normalized spacial score (nSPS) is 11.6. The molecule has 0 saturated heterocycles. The molecule has 0 bridgehead atoms. The van der Waals surface area contributed by atoms with Crippen LogP contribution >= 0.6 is 0 Å². The summed E-state index contributed by atoms with van der Waals surface area (Å²) in [6.45, 7) is 0. The van der Waals surface area contributed by atoms with Gasteiger partial charge in [-0.15, -0.1) is 0 Å². The van der Waals surface area contributed by atoms with Crippen LogP contribution in [0.25, 0.3) is 88.0 Å². The van der Waals surface area contributed by atoms with E-state index in [0.29, 0.717) is 0 Å². The number of fused-ring (bicyclic) bond motifs is 5. The summed E-state index contributed by atoms with van der Waals surface area (Å²) >= 11 is 0. The summed E-state index contributed by atoms with van der Waals surface area (Å²) in [5.41, 5.74) is 11.5. The van der Waals surface area contributed by atoms with Crippen molar-refractivity contribution in [2.24, 2.45) is 0 Å². The lowest BCUT2D eigenvalue weighted by Crippen LogP contribution is -1.91. The number of hydrogen-bond acceptors (Lipinski definition) is 1. The molecule has 210 valence electrons. The highest BCUT2D eigenvalue weighted by Gasteiger charge is 2.18. The van der Waals surface area contributed by atoms with Crippen molar-refractivity contribution in [2.75, 3.05) is 0 Å². The molecule has 0 unspecified atom stereocenters. The maximum atomic E-state index is 6.54.